The van der Waals surface area contributed by atoms with Crippen LogP contribution in [-0.2, 0) is 12.8 Å². The molecule has 0 amide bonds. The number of nitrogens with zero attached hydrogens (tertiary/aromatic N) is 1. The van der Waals surface area contributed by atoms with Crippen LogP contribution in [0.5, 0.6) is 0 Å². The van der Waals surface area contributed by atoms with Crippen molar-refractivity contribution in [1.29, 1.82) is 0 Å². The number of carbonyl (C=O) groups excluding carboxylic acids is 1. The predicted octanol–water partition coefficient (Wildman–Crippen LogP) is 3.54. The Balaban J connectivity index is 1.81. The molecule has 0 aliphatic heterocycles. The van der Waals surface area contributed by atoms with Crippen molar-refractivity contribution in [3.8, 4) is 0 Å². The van der Waals surface area contributed by atoms with Crippen LogP contribution in [0.3, 0.4) is 0 Å². The van der Waals surface area contributed by atoms with Crippen molar-refractivity contribution < 1.29 is 4.79 Å². The zero-order valence-corrected chi connectivity index (χ0v) is 10.9. The van der Waals surface area contributed by atoms with E-state index in [0.29, 0.717) is 11.8 Å². The fourth-order valence-corrected chi connectivity index (χ4v) is 3.66. The van der Waals surface area contributed by atoms with Gasteiger partial charge in [0.25, 0.3) is 0 Å². The minimum Gasteiger partial charge on any atom is -0.343 e. The number of aromatic nitrogens is 1. The van der Waals surface area contributed by atoms with Gasteiger partial charge in [0, 0.05) is 23.9 Å². The molecular formula is C17H17NO. The summed E-state index contributed by atoms with van der Waals surface area (Å²) in [6, 6.07) is 11.2. The molecule has 4 rings (SSSR count). The topological polar surface area (TPSA) is 22.0 Å². The number of rotatable bonds is 1. The Hall–Kier alpha value is -1.83. The molecule has 0 bridgehead atoms. The minimum atomic E-state index is 0.325. The molecule has 0 saturated heterocycles. The molecule has 19 heavy (non-hydrogen) atoms. The Morgan fingerprint density at radius 3 is 2.89 bits per heavy atom. The SMILES string of the molecule is O=C1CCCc2c1ccn2C1CCc2ccccc21. The molecule has 0 fully saturated rings. The molecule has 96 valence electrons. The maximum Gasteiger partial charge on any atom is 0.164 e. The molecular weight excluding hydrogens is 234 g/mol. The van der Waals surface area contributed by atoms with Gasteiger partial charge in [-0.05, 0) is 42.9 Å². The maximum atomic E-state index is 11.9. The van der Waals surface area contributed by atoms with Gasteiger partial charge < -0.3 is 4.57 Å². The van der Waals surface area contributed by atoms with Crippen LogP contribution in [0.4, 0.5) is 0 Å². The van der Waals surface area contributed by atoms with Crippen LogP contribution in [0, 0.1) is 0 Å². The molecule has 2 heteroatoms. The van der Waals surface area contributed by atoms with Crippen molar-refractivity contribution in [3.63, 3.8) is 0 Å². The van der Waals surface area contributed by atoms with Crippen LogP contribution < -0.4 is 0 Å². The highest BCUT2D eigenvalue weighted by molar-refractivity contribution is 5.98. The van der Waals surface area contributed by atoms with Crippen molar-refractivity contribution in [3.05, 3.63) is 58.9 Å². The first kappa shape index (κ1) is 11.0. The Morgan fingerprint density at radius 2 is 1.95 bits per heavy atom. The van der Waals surface area contributed by atoms with Crippen LogP contribution in [0.15, 0.2) is 36.5 Å². The van der Waals surface area contributed by atoms with Crippen LogP contribution in [0.25, 0.3) is 0 Å². The van der Waals surface area contributed by atoms with E-state index in [1.165, 1.54) is 16.8 Å². The zero-order chi connectivity index (χ0) is 12.8. The predicted molar refractivity (Wildman–Crippen MR) is 74.6 cm³/mol. The van der Waals surface area contributed by atoms with Gasteiger partial charge in [0.2, 0.25) is 0 Å². The quantitative estimate of drug-likeness (QED) is 0.759. The molecule has 2 aliphatic rings. The first-order valence-electron chi connectivity index (χ1n) is 7.15. The smallest absolute Gasteiger partial charge is 0.164 e. The third-order valence-electron chi connectivity index (χ3n) is 4.58. The lowest BCUT2D eigenvalue weighted by Crippen LogP contribution is -2.16. The number of fused-ring (bicyclic) bond motifs is 2. The molecule has 1 aromatic carbocycles. The Bertz CT molecular complexity index is 653. The van der Waals surface area contributed by atoms with Crippen molar-refractivity contribution >= 4 is 5.78 Å². The normalized spacial score (nSPS) is 21.3. The second-order valence-electron chi connectivity index (χ2n) is 5.61. The average Bonchev–Trinajstić information content (AvgIpc) is 3.02. The van der Waals surface area contributed by atoms with Crippen LogP contribution >= 0.6 is 0 Å². The fraction of sp³-hybridized carbons (Fsp3) is 0.353. The first-order valence-corrected chi connectivity index (χ1v) is 7.15. The Labute approximate surface area is 113 Å². The summed E-state index contributed by atoms with van der Waals surface area (Å²) in [5.41, 5.74) is 5.14. The average molecular weight is 251 g/mol. The third-order valence-corrected chi connectivity index (χ3v) is 4.58. The van der Waals surface area contributed by atoms with Crippen LogP contribution in [0.2, 0.25) is 0 Å². The van der Waals surface area contributed by atoms with E-state index in [1.807, 2.05) is 6.07 Å². The van der Waals surface area contributed by atoms with E-state index in [4.69, 9.17) is 0 Å². The van der Waals surface area contributed by atoms with Crippen LogP contribution in [0.1, 0.15) is 52.5 Å². The van der Waals surface area contributed by atoms with Gasteiger partial charge in [-0.25, -0.2) is 0 Å². The Kier molecular flexibility index (Phi) is 2.37. The van der Waals surface area contributed by atoms with E-state index in [1.54, 1.807) is 0 Å². The molecule has 0 spiro atoms. The van der Waals surface area contributed by atoms with Crippen molar-refractivity contribution in [2.24, 2.45) is 0 Å². The number of aryl methyl sites for hydroxylation is 1. The number of benzene rings is 1. The summed E-state index contributed by atoms with van der Waals surface area (Å²) in [6.07, 6.45) is 7.21. The summed E-state index contributed by atoms with van der Waals surface area (Å²) in [7, 11) is 0. The summed E-state index contributed by atoms with van der Waals surface area (Å²) >= 11 is 0. The molecule has 1 heterocycles. The van der Waals surface area contributed by atoms with Gasteiger partial charge >= 0.3 is 0 Å². The highest BCUT2D eigenvalue weighted by atomic mass is 16.1. The number of Topliss-reactive ketones (excluding diaryl/α,β-unsaturated/α-hetero) is 1. The van der Waals surface area contributed by atoms with Crippen molar-refractivity contribution in [2.75, 3.05) is 0 Å². The molecule has 2 aliphatic carbocycles. The monoisotopic (exact) mass is 251 g/mol. The lowest BCUT2D eigenvalue weighted by molar-refractivity contribution is 0.0971. The number of hydrogen-bond acceptors (Lipinski definition) is 1. The number of hydrogen-bond donors (Lipinski definition) is 0. The van der Waals surface area contributed by atoms with Gasteiger partial charge in [-0.1, -0.05) is 24.3 Å². The lowest BCUT2D eigenvalue weighted by atomic mass is 9.96. The highest BCUT2D eigenvalue weighted by Gasteiger charge is 2.28. The molecule has 0 N–H and O–H groups in total. The number of ketones is 1. The van der Waals surface area contributed by atoms with E-state index >= 15 is 0 Å². The number of carbonyl (C=O) groups is 1. The largest absolute Gasteiger partial charge is 0.343 e. The second kappa shape index (κ2) is 4.09. The van der Waals surface area contributed by atoms with E-state index in [2.05, 4.69) is 35.0 Å². The Morgan fingerprint density at radius 1 is 1.05 bits per heavy atom. The summed E-state index contributed by atoms with van der Waals surface area (Å²) < 4.78 is 2.36. The first-order chi connectivity index (χ1) is 9.34. The van der Waals surface area contributed by atoms with Gasteiger partial charge in [-0.3, -0.25) is 4.79 Å². The van der Waals surface area contributed by atoms with Gasteiger partial charge in [-0.15, -0.1) is 0 Å². The van der Waals surface area contributed by atoms with Crippen molar-refractivity contribution in [1.82, 2.24) is 4.57 Å². The zero-order valence-electron chi connectivity index (χ0n) is 10.9. The van der Waals surface area contributed by atoms with E-state index in [0.717, 1.165) is 37.7 Å². The molecule has 0 radical (unpaired) electrons. The third kappa shape index (κ3) is 1.59. The van der Waals surface area contributed by atoms with Crippen molar-refractivity contribution in [2.45, 2.75) is 38.1 Å². The summed E-state index contributed by atoms with van der Waals surface area (Å²) in [5.74, 6) is 0.325. The summed E-state index contributed by atoms with van der Waals surface area (Å²) in [5, 5.41) is 0. The van der Waals surface area contributed by atoms with Crippen LogP contribution in [-0.4, -0.2) is 10.4 Å². The van der Waals surface area contributed by atoms with Gasteiger partial charge in [0.15, 0.2) is 5.78 Å². The van der Waals surface area contributed by atoms with E-state index in [9.17, 15) is 4.79 Å². The van der Waals surface area contributed by atoms with Gasteiger partial charge in [0.05, 0.1) is 6.04 Å². The highest BCUT2D eigenvalue weighted by Crippen LogP contribution is 2.37. The molecule has 0 saturated carbocycles. The summed E-state index contributed by atoms with van der Waals surface area (Å²) in [6.45, 7) is 0. The van der Waals surface area contributed by atoms with E-state index < -0.39 is 0 Å². The fourth-order valence-electron chi connectivity index (χ4n) is 3.66. The van der Waals surface area contributed by atoms with Gasteiger partial charge in [0.1, 0.15) is 0 Å². The lowest BCUT2D eigenvalue weighted by Gasteiger charge is -2.20. The maximum absolute atomic E-state index is 11.9. The minimum absolute atomic E-state index is 0.325. The molecule has 1 aromatic heterocycles. The van der Waals surface area contributed by atoms with E-state index in [-0.39, 0.29) is 0 Å². The molecule has 1 unspecified atom stereocenters. The molecule has 1 atom stereocenters. The van der Waals surface area contributed by atoms with Gasteiger partial charge in [-0.2, -0.15) is 0 Å². The second-order valence-corrected chi connectivity index (χ2v) is 5.61. The summed E-state index contributed by atoms with van der Waals surface area (Å²) in [4.78, 5) is 11.9. The molecule has 2 nitrogen and oxygen atoms in total. The molecule has 2 aromatic rings. The standard InChI is InChI=1S/C17H17NO/c19-17-7-3-6-15-14(17)10-11-18(15)16-9-8-12-4-1-2-5-13(12)16/h1-2,4-5,10-11,16H,3,6-9H2.